The Bertz CT molecular complexity index is 644. The summed E-state index contributed by atoms with van der Waals surface area (Å²) >= 11 is 0. The Kier molecular flexibility index (Phi) is 4.73. The van der Waals surface area contributed by atoms with Crippen LogP contribution in [0.25, 0.3) is 0 Å². The van der Waals surface area contributed by atoms with Gasteiger partial charge in [-0.3, -0.25) is 9.59 Å². The maximum Gasteiger partial charge on any atom is 0.308 e. The smallest absolute Gasteiger partial charge is 0.308 e. The summed E-state index contributed by atoms with van der Waals surface area (Å²) in [6.07, 6.45) is 2.58. The van der Waals surface area contributed by atoms with Crippen LogP contribution in [0.15, 0.2) is 18.2 Å². The predicted octanol–water partition coefficient (Wildman–Crippen LogP) is 2.34. The molecule has 1 amide bonds. The van der Waals surface area contributed by atoms with E-state index in [1.165, 1.54) is 7.11 Å². The van der Waals surface area contributed by atoms with Gasteiger partial charge in [0.15, 0.2) is 11.6 Å². The largest absolute Gasteiger partial charge is 0.494 e. The zero-order valence-electron chi connectivity index (χ0n) is 13.7. The number of ether oxygens (including phenoxy) is 1. The molecule has 0 aromatic heterocycles. The molecule has 1 saturated heterocycles. The zero-order valence-corrected chi connectivity index (χ0v) is 13.7. The lowest BCUT2D eigenvalue weighted by molar-refractivity contribution is -0.142. The lowest BCUT2D eigenvalue weighted by Gasteiger charge is -2.16. The van der Waals surface area contributed by atoms with Crippen LogP contribution in [-0.4, -0.2) is 42.1 Å². The number of carbonyl (C=O) groups excluding carboxylic acids is 1. The second-order valence-corrected chi connectivity index (χ2v) is 6.68. The summed E-state index contributed by atoms with van der Waals surface area (Å²) in [5.41, 5.74) is 0.440. The number of amides is 1. The number of hydrogen-bond donors (Lipinski definition) is 1. The SMILES string of the molecule is COc1cccc(CCC(=O)N2C[C@H](C(=O)O)[C@@H](C3CC3)C2)c1F. The van der Waals surface area contributed by atoms with Crippen molar-refractivity contribution in [1.29, 1.82) is 0 Å². The monoisotopic (exact) mass is 335 g/mol. The van der Waals surface area contributed by atoms with Gasteiger partial charge in [-0.2, -0.15) is 0 Å². The number of carboxylic acids is 1. The average molecular weight is 335 g/mol. The molecule has 1 N–H and O–H groups in total. The van der Waals surface area contributed by atoms with Gasteiger partial charge in [0.05, 0.1) is 13.0 Å². The minimum Gasteiger partial charge on any atom is -0.494 e. The van der Waals surface area contributed by atoms with Gasteiger partial charge in [-0.25, -0.2) is 4.39 Å². The highest BCUT2D eigenvalue weighted by Gasteiger charge is 2.46. The molecule has 1 heterocycles. The quantitative estimate of drug-likeness (QED) is 0.866. The number of likely N-dealkylation sites (tertiary alicyclic amines) is 1. The normalized spacial score (nSPS) is 23.3. The summed E-state index contributed by atoms with van der Waals surface area (Å²) in [7, 11) is 1.40. The molecule has 1 aromatic carbocycles. The molecule has 6 heteroatoms. The van der Waals surface area contributed by atoms with Gasteiger partial charge in [-0.05, 0) is 42.7 Å². The highest BCUT2D eigenvalue weighted by Crippen LogP contribution is 2.44. The minimum atomic E-state index is -0.818. The molecule has 2 atom stereocenters. The molecular formula is C18H22FNO4. The number of hydrogen-bond acceptors (Lipinski definition) is 3. The van der Waals surface area contributed by atoms with Gasteiger partial charge in [-0.15, -0.1) is 0 Å². The van der Waals surface area contributed by atoms with Crippen molar-refractivity contribution in [1.82, 2.24) is 4.90 Å². The van der Waals surface area contributed by atoms with Gasteiger partial charge in [-0.1, -0.05) is 12.1 Å². The average Bonchev–Trinajstić information content (AvgIpc) is 3.31. The summed E-state index contributed by atoms with van der Waals surface area (Å²) in [4.78, 5) is 25.5. The summed E-state index contributed by atoms with van der Waals surface area (Å²) in [5.74, 6) is -1.14. The van der Waals surface area contributed by atoms with E-state index in [0.29, 0.717) is 18.0 Å². The van der Waals surface area contributed by atoms with E-state index in [1.54, 1.807) is 23.1 Å². The maximum absolute atomic E-state index is 14.1. The van der Waals surface area contributed by atoms with Crippen molar-refractivity contribution in [3.05, 3.63) is 29.6 Å². The van der Waals surface area contributed by atoms with Gasteiger partial charge >= 0.3 is 5.97 Å². The number of benzene rings is 1. The third-order valence-corrected chi connectivity index (χ3v) is 5.13. The first-order chi connectivity index (χ1) is 11.5. The fraction of sp³-hybridized carbons (Fsp3) is 0.556. The van der Waals surface area contributed by atoms with E-state index in [2.05, 4.69) is 0 Å². The number of aryl methyl sites for hydroxylation is 1. The fourth-order valence-corrected chi connectivity index (χ4v) is 3.60. The van der Waals surface area contributed by atoms with E-state index in [9.17, 15) is 19.1 Å². The summed E-state index contributed by atoms with van der Waals surface area (Å²) in [5, 5.41) is 9.36. The molecule has 0 radical (unpaired) electrons. The highest BCUT2D eigenvalue weighted by molar-refractivity contribution is 5.79. The number of carbonyl (C=O) groups is 2. The molecule has 5 nitrogen and oxygen atoms in total. The van der Waals surface area contributed by atoms with Crippen molar-refractivity contribution >= 4 is 11.9 Å². The number of aliphatic carboxylic acids is 1. The molecule has 0 spiro atoms. The lowest BCUT2D eigenvalue weighted by Crippen LogP contribution is -2.30. The van der Waals surface area contributed by atoms with E-state index in [4.69, 9.17) is 4.74 Å². The summed E-state index contributed by atoms with van der Waals surface area (Å²) < 4.78 is 19.1. The Morgan fingerprint density at radius 1 is 1.33 bits per heavy atom. The maximum atomic E-state index is 14.1. The van der Waals surface area contributed by atoms with E-state index in [-0.39, 0.29) is 37.0 Å². The Labute approximate surface area is 140 Å². The second kappa shape index (κ2) is 6.79. The standard InChI is InChI=1S/C18H22FNO4/c1-24-15-4-2-3-12(17(15)19)7-8-16(21)20-9-13(11-5-6-11)14(10-20)18(22)23/h2-4,11,13-14H,5-10H2,1H3,(H,22,23)/t13-,14+/m1/s1. The number of rotatable bonds is 6. The van der Waals surface area contributed by atoms with E-state index in [0.717, 1.165) is 12.8 Å². The predicted molar refractivity (Wildman–Crippen MR) is 85.2 cm³/mol. The van der Waals surface area contributed by atoms with Crippen LogP contribution < -0.4 is 4.74 Å². The van der Waals surface area contributed by atoms with Crippen LogP contribution in [0.4, 0.5) is 4.39 Å². The number of nitrogens with zero attached hydrogens (tertiary/aromatic N) is 1. The Morgan fingerprint density at radius 2 is 2.08 bits per heavy atom. The van der Waals surface area contributed by atoms with E-state index >= 15 is 0 Å². The minimum absolute atomic E-state index is 0.0694. The Hall–Kier alpha value is -2.11. The molecule has 1 aliphatic heterocycles. The molecule has 1 aliphatic carbocycles. The van der Waals surface area contributed by atoms with Crippen molar-refractivity contribution in [2.24, 2.45) is 17.8 Å². The highest BCUT2D eigenvalue weighted by atomic mass is 19.1. The Morgan fingerprint density at radius 3 is 2.71 bits per heavy atom. The van der Waals surface area contributed by atoms with Gasteiger partial charge in [0.25, 0.3) is 0 Å². The first kappa shape index (κ1) is 16.7. The number of halogens is 1. The first-order valence-corrected chi connectivity index (χ1v) is 8.33. The number of carboxylic acid groups (broad SMARTS) is 1. The molecule has 1 saturated carbocycles. The summed E-state index contributed by atoms with van der Waals surface area (Å²) in [6, 6.07) is 4.88. The van der Waals surface area contributed by atoms with Crippen molar-refractivity contribution in [2.45, 2.75) is 25.7 Å². The van der Waals surface area contributed by atoms with Crippen molar-refractivity contribution < 1.29 is 23.8 Å². The molecule has 130 valence electrons. The van der Waals surface area contributed by atoms with Gasteiger partial charge in [0.2, 0.25) is 5.91 Å². The van der Waals surface area contributed by atoms with Crippen molar-refractivity contribution in [3.8, 4) is 5.75 Å². The molecule has 2 fully saturated rings. The van der Waals surface area contributed by atoms with Gasteiger partial charge in [0.1, 0.15) is 0 Å². The molecule has 2 aliphatic rings. The first-order valence-electron chi connectivity index (χ1n) is 8.33. The van der Waals surface area contributed by atoms with E-state index < -0.39 is 17.7 Å². The van der Waals surface area contributed by atoms with Crippen LogP contribution in [0.3, 0.4) is 0 Å². The molecule has 0 unspecified atom stereocenters. The molecule has 1 aromatic rings. The van der Waals surface area contributed by atoms with Crippen LogP contribution >= 0.6 is 0 Å². The van der Waals surface area contributed by atoms with Crippen molar-refractivity contribution in [2.75, 3.05) is 20.2 Å². The van der Waals surface area contributed by atoms with Crippen LogP contribution in [0.5, 0.6) is 5.75 Å². The third kappa shape index (κ3) is 3.37. The van der Waals surface area contributed by atoms with Crippen molar-refractivity contribution in [3.63, 3.8) is 0 Å². The van der Waals surface area contributed by atoms with E-state index in [1.807, 2.05) is 0 Å². The Balaban J connectivity index is 1.60. The van der Waals surface area contributed by atoms with Crippen LogP contribution in [-0.2, 0) is 16.0 Å². The molecule has 24 heavy (non-hydrogen) atoms. The molecular weight excluding hydrogens is 313 g/mol. The van der Waals surface area contributed by atoms with Crippen LogP contribution in [0.2, 0.25) is 0 Å². The molecule has 0 bridgehead atoms. The third-order valence-electron chi connectivity index (χ3n) is 5.13. The van der Waals surface area contributed by atoms with Gasteiger partial charge in [0, 0.05) is 19.5 Å². The van der Waals surface area contributed by atoms with Gasteiger partial charge < -0.3 is 14.7 Å². The number of methoxy groups -OCH3 is 1. The lowest BCUT2D eigenvalue weighted by atomic mass is 9.92. The van der Waals surface area contributed by atoms with Crippen LogP contribution in [0.1, 0.15) is 24.8 Å². The fourth-order valence-electron chi connectivity index (χ4n) is 3.60. The zero-order chi connectivity index (χ0) is 17.3. The topological polar surface area (TPSA) is 66.8 Å². The second-order valence-electron chi connectivity index (χ2n) is 6.68. The molecule has 3 rings (SSSR count). The summed E-state index contributed by atoms with van der Waals surface area (Å²) in [6.45, 7) is 0.789. The van der Waals surface area contributed by atoms with Crippen LogP contribution in [0, 0.1) is 23.6 Å².